The van der Waals surface area contributed by atoms with Gasteiger partial charge < -0.3 is 25.2 Å². The molecule has 2 atom stereocenters. The normalized spacial score (nSPS) is 13.8. The molecule has 0 saturated carbocycles. The maximum absolute atomic E-state index is 11.8. The summed E-state index contributed by atoms with van der Waals surface area (Å²) in [5.41, 5.74) is 0. The Morgan fingerprint density at radius 3 is 2.50 bits per heavy atom. The molecule has 0 saturated heterocycles. The van der Waals surface area contributed by atoms with Crippen molar-refractivity contribution in [3.05, 3.63) is 0 Å². The number of nitrogens with one attached hydrogen (secondary N) is 1. The lowest BCUT2D eigenvalue weighted by molar-refractivity contribution is -0.146. The number of carboxylic acids is 1. The molecule has 0 aromatic heterocycles. The summed E-state index contributed by atoms with van der Waals surface area (Å²) in [7, 11) is 1.56. The van der Waals surface area contributed by atoms with Crippen LogP contribution in [-0.4, -0.2) is 66.1 Å². The van der Waals surface area contributed by atoms with Gasteiger partial charge in [0.2, 0.25) is 0 Å². The zero-order chi connectivity index (χ0) is 14.1. The first-order valence-corrected chi connectivity index (χ1v) is 5.88. The third-order valence-electron chi connectivity index (χ3n) is 2.52. The number of nitrogens with zero attached hydrogens (tertiary/aromatic N) is 1. The number of aliphatic hydroxyl groups is 1. The maximum Gasteiger partial charge on any atom is 0.332 e. The first kappa shape index (κ1) is 16.7. The van der Waals surface area contributed by atoms with Crippen LogP contribution in [0.3, 0.4) is 0 Å². The number of amides is 2. The molecule has 0 aliphatic carbocycles. The number of hydrogen-bond donors (Lipinski definition) is 3. The standard InChI is InChI=1S/C11H22N2O5/c1-4-13(8(2)7-18-3)11(17)12-6-5-9(14)10(15)16/h8-9,14H,4-7H2,1-3H3,(H,12,17)(H,15,16). The highest BCUT2D eigenvalue weighted by Gasteiger charge is 2.19. The van der Waals surface area contributed by atoms with Crippen LogP contribution < -0.4 is 5.32 Å². The number of aliphatic hydroxyl groups excluding tert-OH is 1. The Labute approximate surface area is 107 Å². The van der Waals surface area contributed by atoms with Gasteiger partial charge in [-0.05, 0) is 13.8 Å². The Bertz CT molecular complexity index is 272. The minimum absolute atomic E-state index is 0.0166. The smallest absolute Gasteiger partial charge is 0.332 e. The fraction of sp³-hybridized carbons (Fsp3) is 0.818. The van der Waals surface area contributed by atoms with Crippen molar-refractivity contribution in [1.29, 1.82) is 0 Å². The van der Waals surface area contributed by atoms with E-state index < -0.39 is 12.1 Å². The first-order valence-electron chi connectivity index (χ1n) is 5.88. The zero-order valence-electron chi connectivity index (χ0n) is 11.0. The molecule has 0 radical (unpaired) electrons. The van der Waals surface area contributed by atoms with Crippen molar-refractivity contribution in [3.8, 4) is 0 Å². The number of likely N-dealkylation sites (N-methyl/N-ethyl adjacent to an activating group) is 1. The third kappa shape index (κ3) is 5.83. The molecule has 0 spiro atoms. The monoisotopic (exact) mass is 262 g/mol. The molecule has 0 rings (SSSR count). The molecule has 0 heterocycles. The van der Waals surface area contributed by atoms with Gasteiger partial charge >= 0.3 is 12.0 Å². The molecular weight excluding hydrogens is 240 g/mol. The molecule has 3 N–H and O–H groups in total. The van der Waals surface area contributed by atoms with E-state index in [1.165, 1.54) is 0 Å². The number of carboxylic acid groups (broad SMARTS) is 1. The average molecular weight is 262 g/mol. The SMILES string of the molecule is CCN(C(=O)NCCC(O)C(=O)O)C(C)COC. The van der Waals surface area contributed by atoms with Gasteiger partial charge in [-0.25, -0.2) is 9.59 Å². The second-order valence-corrected chi connectivity index (χ2v) is 3.97. The molecule has 0 aromatic carbocycles. The van der Waals surface area contributed by atoms with E-state index in [9.17, 15) is 9.59 Å². The second-order valence-electron chi connectivity index (χ2n) is 3.97. The highest BCUT2D eigenvalue weighted by atomic mass is 16.5. The Balaban J connectivity index is 4.09. The molecule has 0 fully saturated rings. The molecule has 106 valence electrons. The van der Waals surface area contributed by atoms with Gasteiger partial charge in [-0.1, -0.05) is 0 Å². The van der Waals surface area contributed by atoms with Crippen LogP contribution in [-0.2, 0) is 9.53 Å². The molecular formula is C11H22N2O5. The van der Waals surface area contributed by atoms with Crippen LogP contribution in [0.15, 0.2) is 0 Å². The predicted octanol–water partition coefficient (Wildman–Crippen LogP) is -0.112. The summed E-state index contributed by atoms with van der Waals surface area (Å²) in [5.74, 6) is -1.29. The van der Waals surface area contributed by atoms with E-state index in [1.807, 2.05) is 13.8 Å². The minimum atomic E-state index is -1.45. The molecule has 18 heavy (non-hydrogen) atoms. The highest BCUT2D eigenvalue weighted by molar-refractivity contribution is 5.75. The van der Waals surface area contributed by atoms with E-state index in [0.29, 0.717) is 13.2 Å². The van der Waals surface area contributed by atoms with Crippen molar-refractivity contribution in [2.24, 2.45) is 0 Å². The molecule has 0 aliphatic rings. The number of hydrogen-bond acceptors (Lipinski definition) is 4. The number of carbonyl (C=O) groups is 2. The summed E-state index contributed by atoms with van der Waals surface area (Å²) < 4.78 is 4.97. The summed E-state index contributed by atoms with van der Waals surface area (Å²) in [6, 6.07) is -0.357. The predicted molar refractivity (Wildman–Crippen MR) is 65.4 cm³/mol. The van der Waals surface area contributed by atoms with Gasteiger partial charge in [-0.15, -0.1) is 0 Å². The van der Waals surface area contributed by atoms with Crippen molar-refractivity contribution in [2.75, 3.05) is 26.8 Å². The molecule has 7 nitrogen and oxygen atoms in total. The molecule has 0 bridgehead atoms. The lowest BCUT2D eigenvalue weighted by atomic mass is 10.2. The van der Waals surface area contributed by atoms with E-state index in [-0.39, 0.29) is 25.0 Å². The minimum Gasteiger partial charge on any atom is -0.479 e. The zero-order valence-corrected chi connectivity index (χ0v) is 11.0. The van der Waals surface area contributed by atoms with Gasteiger partial charge in [0.1, 0.15) is 0 Å². The molecule has 0 aromatic rings. The molecule has 2 amide bonds. The van der Waals surface area contributed by atoms with Gasteiger partial charge in [-0.3, -0.25) is 0 Å². The van der Waals surface area contributed by atoms with Crippen LogP contribution in [0.1, 0.15) is 20.3 Å². The van der Waals surface area contributed by atoms with Crippen molar-refractivity contribution >= 4 is 12.0 Å². The van der Waals surface area contributed by atoms with Crippen LogP contribution in [0.25, 0.3) is 0 Å². The lowest BCUT2D eigenvalue weighted by Crippen LogP contribution is -2.47. The van der Waals surface area contributed by atoms with Crippen LogP contribution >= 0.6 is 0 Å². The summed E-state index contributed by atoms with van der Waals surface area (Å²) >= 11 is 0. The Morgan fingerprint density at radius 1 is 1.44 bits per heavy atom. The van der Waals surface area contributed by atoms with Crippen molar-refractivity contribution in [3.63, 3.8) is 0 Å². The van der Waals surface area contributed by atoms with Crippen molar-refractivity contribution in [2.45, 2.75) is 32.4 Å². The first-order chi connectivity index (χ1) is 8.43. The van der Waals surface area contributed by atoms with Crippen molar-refractivity contribution in [1.82, 2.24) is 10.2 Å². The fourth-order valence-electron chi connectivity index (χ4n) is 1.53. The number of methoxy groups -OCH3 is 1. The molecule has 0 aliphatic heterocycles. The summed E-state index contributed by atoms with van der Waals surface area (Å²) in [6.45, 7) is 4.77. The highest BCUT2D eigenvalue weighted by Crippen LogP contribution is 2.00. The van der Waals surface area contributed by atoms with Gasteiger partial charge in [0.05, 0.1) is 12.6 Å². The number of aliphatic carboxylic acids is 1. The quantitative estimate of drug-likeness (QED) is 0.567. The van der Waals surface area contributed by atoms with Gasteiger partial charge in [0.25, 0.3) is 0 Å². The average Bonchev–Trinajstić information content (AvgIpc) is 2.29. The van der Waals surface area contributed by atoms with Crippen LogP contribution in [0, 0.1) is 0 Å². The number of rotatable bonds is 8. The number of urea groups is 1. The third-order valence-corrected chi connectivity index (χ3v) is 2.52. The van der Waals surface area contributed by atoms with E-state index in [2.05, 4.69) is 5.32 Å². The molecule has 7 heteroatoms. The largest absolute Gasteiger partial charge is 0.479 e. The van der Waals surface area contributed by atoms with Crippen LogP contribution in [0.4, 0.5) is 4.79 Å². The van der Waals surface area contributed by atoms with Gasteiger partial charge in [-0.2, -0.15) is 0 Å². The van der Waals surface area contributed by atoms with Crippen molar-refractivity contribution < 1.29 is 24.5 Å². The van der Waals surface area contributed by atoms with E-state index in [4.69, 9.17) is 14.9 Å². The van der Waals surface area contributed by atoms with Gasteiger partial charge in [0.15, 0.2) is 6.10 Å². The maximum atomic E-state index is 11.8. The fourth-order valence-corrected chi connectivity index (χ4v) is 1.53. The van der Waals surface area contributed by atoms with E-state index >= 15 is 0 Å². The Hall–Kier alpha value is -1.34. The van der Waals surface area contributed by atoms with Crippen LogP contribution in [0.2, 0.25) is 0 Å². The Morgan fingerprint density at radius 2 is 2.06 bits per heavy atom. The summed E-state index contributed by atoms with van der Waals surface area (Å²) in [4.78, 5) is 23.7. The number of carbonyl (C=O) groups excluding carboxylic acids is 1. The molecule has 2 unspecified atom stereocenters. The van der Waals surface area contributed by atoms with E-state index in [0.717, 1.165) is 0 Å². The summed E-state index contributed by atoms with van der Waals surface area (Å²) in [6.07, 6.45) is -1.46. The topological polar surface area (TPSA) is 99.1 Å². The van der Waals surface area contributed by atoms with Crippen LogP contribution in [0.5, 0.6) is 0 Å². The van der Waals surface area contributed by atoms with E-state index in [1.54, 1.807) is 12.0 Å². The van der Waals surface area contributed by atoms with Gasteiger partial charge in [0, 0.05) is 26.6 Å². The summed E-state index contributed by atoms with van der Waals surface area (Å²) in [5, 5.41) is 20.1. The number of ether oxygens (including phenoxy) is 1. The Kier molecular flexibility index (Phi) is 8.06. The second kappa shape index (κ2) is 8.71. The lowest BCUT2D eigenvalue weighted by Gasteiger charge is -2.27.